The van der Waals surface area contributed by atoms with Crippen molar-refractivity contribution in [2.45, 2.75) is 19.4 Å². The quantitative estimate of drug-likeness (QED) is 0.621. The molecule has 2 aromatic heterocycles. The van der Waals surface area contributed by atoms with Crippen molar-refractivity contribution in [1.82, 2.24) is 14.8 Å². The molecule has 3 N–H and O–H groups in total. The maximum absolute atomic E-state index is 12.8. The Balaban J connectivity index is 1.99. The first-order valence-electron chi connectivity index (χ1n) is 9.26. The molecule has 0 unspecified atom stereocenters. The van der Waals surface area contributed by atoms with Crippen molar-refractivity contribution in [3.63, 3.8) is 0 Å². The van der Waals surface area contributed by atoms with Gasteiger partial charge in [-0.1, -0.05) is 18.2 Å². The zero-order chi connectivity index (χ0) is 21.9. The van der Waals surface area contributed by atoms with Crippen molar-refractivity contribution in [2.75, 3.05) is 17.3 Å². The van der Waals surface area contributed by atoms with Gasteiger partial charge in [-0.05, 0) is 32.0 Å². The molecule has 2 heterocycles. The van der Waals surface area contributed by atoms with E-state index in [9.17, 15) is 9.59 Å². The number of primary amides is 1. The highest BCUT2D eigenvalue weighted by molar-refractivity contribution is 6.04. The third-order valence-electron chi connectivity index (χ3n) is 4.76. The van der Waals surface area contributed by atoms with E-state index in [2.05, 4.69) is 15.4 Å². The fourth-order valence-electron chi connectivity index (χ4n) is 2.58. The number of aromatic nitrogens is 3. The van der Waals surface area contributed by atoms with E-state index in [4.69, 9.17) is 10.5 Å². The van der Waals surface area contributed by atoms with Crippen LogP contribution in [-0.2, 0) is 11.8 Å². The van der Waals surface area contributed by atoms with Crippen molar-refractivity contribution in [2.24, 2.45) is 12.8 Å². The van der Waals surface area contributed by atoms with E-state index < -0.39 is 11.4 Å². The van der Waals surface area contributed by atoms with Crippen LogP contribution < -0.4 is 20.7 Å². The Hall–Kier alpha value is -3.88. The zero-order valence-corrected chi connectivity index (χ0v) is 17.3. The van der Waals surface area contributed by atoms with Crippen LogP contribution in [-0.4, -0.2) is 39.2 Å². The largest absolute Gasteiger partial charge is 0.439 e. The normalized spacial score (nSPS) is 11.1. The molecule has 0 saturated heterocycles. The SMILES string of the molecule is CN(c1cc(C(=O)Nc2ccn(C)n2)cc(Oc2ccccc2)n1)C(C)(C)C(N)=O. The van der Waals surface area contributed by atoms with Gasteiger partial charge in [-0.25, -0.2) is 0 Å². The third-order valence-corrected chi connectivity index (χ3v) is 4.76. The number of nitrogens with zero attached hydrogens (tertiary/aromatic N) is 4. The van der Waals surface area contributed by atoms with Gasteiger partial charge in [0.1, 0.15) is 17.1 Å². The molecule has 30 heavy (non-hydrogen) atoms. The number of anilines is 2. The monoisotopic (exact) mass is 408 g/mol. The average molecular weight is 408 g/mol. The molecule has 0 atom stereocenters. The van der Waals surface area contributed by atoms with Crippen molar-refractivity contribution >= 4 is 23.5 Å². The standard InChI is InChI=1S/C21H24N6O3/c1-21(2,20(22)29)27(4)17-12-14(19(28)23-16-10-11-26(3)25-16)13-18(24-17)30-15-8-6-5-7-9-15/h5-13H,1-4H3,(H2,22,29)(H,23,25,28). The number of nitrogens with two attached hydrogens (primary N) is 1. The number of benzene rings is 1. The predicted molar refractivity (Wildman–Crippen MR) is 114 cm³/mol. The van der Waals surface area contributed by atoms with E-state index in [0.29, 0.717) is 22.9 Å². The molecule has 3 rings (SSSR count). The molecule has 9 nitrogen and oxygen atoms in total. The maximum Gasteiger partial charge on any atom is 0.257 e. The van der Waals surface area contributed by atoms with Crippen LogP contribution in [0.2, 0.25) is 0 Å². The van der Waals surface area contributed by atoms with Crippen LogP contribution >= 0.6 is 0 Å². The number of para-hydroxylation sites is 1. The molecule has 0 saturated carbocycles. The number of nitrogens with one attached hydrogen (secondary N) is 1. The van der Waals surface area contributed by atoms with Crippen molar-refractivity contribution in [3.05, 3.63) is 60.3 Å². The van der Waals surface area contributed by atoms with Crippen LogP contribution in [0.1, 0.15) is 24.2 Å². The van der Waals surface area contributed by atoms with Crippen molar-refractivity contribution < 1.29 is 14.3 Å². The van der Waals surface area contributed by atoms with E-state index in [1.54, 1.807) is 68.0 Å². The summed E-state index contributed by atoms with van der Waals surface area (Å²) in [6.07, 6.45) is 1.72. The molecule has 156 valence electrons. The molecule has 9 heteroatoms. The molecule has 0 bridgehead atoms. The van der Waals surface area contributed by atoms with E-state index >= 15 is 0 Å². The number of pyridine rings is 1. The fraction of sp³-hybridized carbons (Fsp3) is 0.238. The van der Waals surface area contributed by atoms with Gasteiger partial charge < -0.3 is 20.7 Å². The lowest BCUT2D eigenvalue weighted by Gasteiger charge is -2.33. The Morgan fingerprint density at radius 1 is 1.17 bits per heavy atom. The Morgan fingerprint density at radius 3 is 2.47 bits per heavy atom. The molecular weight excluding hydrogens is 384 g/mol. The Bertz CT molecular complexity index is 1060. The van der Waals surface area contributed by atoms with Gasteiger partial charge in [0.05, 0.1) is 0 Å². The minimum Gasteiger partial charge on any atom is -0.439 e. The molecule has 2 amide bonds. The first-order chi connectivity index (χ1) is 14.2. The lowest BCUT2D eigenvalue weighted by atomic mass is 10.0. The third kappa shape index (κ3) is 4.57. The van der Waals surface area contributed by atoms with Gasteiger partial charge in [0.25, 0.3) is 5.91 Å². The molecule has 0 aliphatic rings. The van der Waals surface area contributed by atoms with Gasteiger partial charge in [-0.3, -0.25) is 14.3 Å². The van der Waals surface area contributed by atoms with Gasteiger partial charge >= 0.3 is 0 Å². The highest BCUT2D eigenvalue weighted by Crippen LogP contribution is 2.27. The summed E-state index contributed by atoms with van der Waals surface area (Å²) in [5.74, 6) is 0.629. The molecule has 0 spiro atoms. The summed E-state index contributed by atoms with van der Waals surface area (Å²) < 4.78 is 7.42. The van der Waals surface area contributed by atoms with Crippen LogP contribution in [0.3, 0.4) is 0 Å². The molecular formula is C21H24N6O3. The van der Waals surface area contributed by atoms with Gasteiger partial charge in [0.2, 0.25) is 11.8 Å². The smallest absolute Gasteiger partial charge is 0.257 e. The minimum absolute atomic E-state index is 0.206. The summed E-state index contributed by atoms with van der Waals surface area (Å²) in [5, 5.41) is 6.89. The average Bonchev–Trinajstić information content (AvgIpc) is 3.12. The van der Waals surface area contributed by atoms with Crippen LogP contribution in [0.15, 0.2) is 54.7 Å². The number of aryl methyl sites for hydroxylation is 1. The number of rotatable bonds is 7. The summed E-state index contributed by atoms with van der Waals surface area (Å²) in [7, 11) is 3.44. The highest BCUT2D eigenvalue weighted by atomic mass is 16.5. The fourth-order valence-corrected chi connectivity index (χ4v) is 2.58. The van der Waals surface area contributed by atoms with E-state index in [0.717, 1.165) is 0 Å². The first kappa shape index (κ1) is 20.8. The first-order valence-corrected chi connectivity index (χ1v) is 9.26. The van der Waals surface area contributed by atoms with Gasteiger partial charge in [-0.2, -0.15) is 10.1 Å². The summed E-state index contributed by atoms with van der Waals surface area (Å²) in [6, 6.07) is 13.9. The van der Waals surface area contributed by atoms with Crippen molar-refractivity contribution in [3.8, 4) is 11.6 Å². The Kier molecular flexibility index (Phi) is 5.72. The van der Waals surface area contributed by atoms with Crippen LogP contribution in [0.25, 0.3) is 0 Å². The number of hydrogen-bond acceptors (Lipinski definition) is 6. The lowest BCUT2D eigenvalue weighted by Crippen LogP contribution is -2.52. The summed E-state index contributed by atoms with van der Waals surface area (Å²) in [5.41, 5.74) is 4.80. The highest BCUT2D eigenvalue weighted by Gasteiger charge is 2.32. The second-order valence-corrected chi connectivity index (χ2v) is 7.28. The number of hydrogen-bond donors (Lipinski definition) is 2. The molecule has 0 aliphatic heterocycles. The van der Waals surface area contributed by atoms with Crippen LogP contribution in [0.4, 0.5) is 11.6 Å². The number of carbonyl (C=O) groups excluding carboxylic acids is 2. The molecule has 3 aromatic rings. The number of likely N-dealkylation sites (N-methyl/N-ethyl adjacent to an activating group) is 1. The molecule has 0 aliphatic carbocycles. The second-order valence-electron chi connectivity index (χ2n) is 7.28. The zero-order valence-electron chi connectivity index (χ0n) is 17.3. The van der Waals surface area contributed by atoms with E-state index in [1.807, 2.05) is 18.2 Å². The number of carbonyl (C=O) groups is 2. The van der Waals surface area contributed by atoms with E-state index in [-0.39, 0.29) is 11.8 Å². The summed E-state index contributed by atoms with van der Waals surface area (Å²) >= 11 is 0. The Labute approximate surface area is 174 Å². The maximum atomic E-state index is 12.8. The summed E-state index contributed by atoms with van der Waals surface area (Å²) in [4.78, 5) is 30.8. The molecule has 0 fully saturated rings. The van der Waals surface area contributed by atoms with Crippen LogP contribution in [0.5, 0.6) is 11.6 Å². The van der Waals surface area contributed by atoms with Gasteiger partial charge in [0.15, 0.2) is 5.82 Å². The molecule has 1 aromatic carbocycles. The van der Waals surface area contributed by atoms with Gasteiger partial charge in [-0.15, -0.1) is 0 Å². The Morgan fingerprint density at radius 2 is 1.87 bits per heavy atom. The minimum atomic E-state index is -1.03. The number of ether oxygens (including phenoxy) is 1. The van der Waals surface area contributed by atoms with Crippen LogP contribution in [0, 0.1) is 0 Å². The summed E-state index contributed by atoms with van der Waals surface area (Å²) in [6.45, 7) is 3.35. The van der Waals surface area contributed by atoms with E-state index in [1.165, 1.54) is 6.07 Å². The van der Waals surface area contributed by atoms with Crippen molar-refractivity contribution in [1.29, 1.82) is 0 Å². The second kappa shape index (κ2) is 8.24. The molecule has 0 radical (unpaired) electrons. The topological polar surface area (TPSA) is 115 Å². The predicted octanol–water partition coefficient (Wildman–Crippen LogP) is 2.56. The lowest BCUT2D eigenvalue weighted by molar-refractivity contribution is -0.122. The van der Waals surface area contributed by atoms with Gasteiger partial charge in [0, 0.05) is 38.0 Å². The number of amides is 2.